The van der Waals surface area contributed by atoms with Crippen LogP contribution >= 0.6 is 91.8 Å². The molecule has 9 N–H and O–H groups in total. The van der Waals surface area contributed by atoms with Gasteiger partial charge in [-0.25, -0.2) is 39.9 Å². The summed E-state index contributed by atoms with van der Waals surface area (Å²) < 4.78 is 27.5. The van der Waals surface area contributed by atoms with Gasteiger partial charge in [0.2, 0.25) is 17.8 Å². The molecule has 0 saturated heterocycles. The number of nitrogen functional groups attached to an aromatic ring is 2. The Morgan fingerprint density at radius 1 is 0.327 bits per heavy atom. The lowest BCUT2D eigenvalue weighted by Gasteiger charge is -2.37. The second-order valence-corrected chi connectivity index (χ2v) is 43.5. The standard InChI is InChI=1S/2C29H32ClN5O2S.C29H31ClN4O2S.C28H30ClN5O2S/c1-31-21-9-11-22(12-10-21)35(28(36)27-26(30)23-6-4-5-7-25(23)38-27)17-19-14-18(8-13-24(19)37-3)20-15-33-29(32-2)34-16-20;1-3-37-24-13-8-18(20-15-33-29(31)34-16-20)14-19(24)17-35(22-11-9-21(32-2)10-12-22)28(36)27-26(30)23-6-4-5-7-25(23)38-27;1-3-36-25-13-8-19(21-15-32-18-33-16-21)14-20(25)17-34(23-11-9-22(31-2)10-12-23)29(35)28-27(30)24-6-4-5-7-26(24)37-28;1-31-20-8-10-21(11-9-20)34(27(35)26-25(29)22-5-3-4-6-24(22)37-26)16-18-13-17(7-12-23(18)36-2)19-14-32-28(30)33-15-19/h4-8,13-16,21-22,31H,9-12,17H2,1-3H3,(H,32,33,34);4-8,13-16,21-22,32H,3,9-12,17H2,1-2H3,(H2,31,33,34);4-8,13-16,18,22-23,31H,3,9-12,17H2,1-2H3;3-7,12-15,20-21,31H,8-11,16H2,1-2H3,(H2,30,32,33). The maximum atomic E-state index is 14.2. The quantitative estimate of drug-likeness (QED) is 0.0212. The van der Waals surface area contributed by atoms with E-state index in [0.717, 1.165) is 233 Å². The van der Waals surface area contributed by atoms with Crippen LogP contribution < -0.4 is 57.0 Å². The highest BCUT2D eigenvalue weighted by molar-refractivity contribution is 7.23. The molecular formula is C115H125Cl4N19O8S4. The SMILES string of the molecule is CCOc1ccc(-c2cnc(N)nc2)cc1CN(C(=O)c1sc2ccccc2c1Cl)C1CCC(NC)CC1.CCOc1ccc(-c2cncnc2)cc1CN(C(=O)c1sc2ccccc2c1Cl)C1CCC(NC)CC1.CNC1CCC(N(Cc2cc(-c3cnc(N)nc3)ccc2OC)C(=O)c2sc3ccccc3c2Cl)CC1.CNc1ncc(-c2ccc(OC)c(CN(C(=O)c3sc4ccccc4c3Cl)C3CCC(NC)CC3)c2)cn1. The van der Waals surface area contributed by atoms with E-state index < -0.39 is 0 Å². The normalized spacial score (nSPS) is 17.5. The topological polar surface area (TPSA) is 333 Å². The number of fused-ring (bicyclic) bond motifs is 4. The summed E-state index contributed by atoms with van der Waals surface area (Å²) in [4.78, 5) is 101. The Morgan fingerprint density at radius 3 is 0.807 bits per heavy atom. The molecule has 4 fully saturated rings. The number of thiophene rings is 4. The van der Waals surface area contributed by atoms with Gasteiger partial charge < -0.3 is 76.6 Å². The van der Waals surface area contributed by atoms with E-state index in [-0.39, 0.29) is 59.7 Å². The number of nitrogens with two attached hydrogens (primary N) is 2. The van der Waals surface area contributed by atoms with Crippen molar-refractivity contribution in [1.82, 2.24) is 80.7 Å². The summed E-state index contributed by atoms with van der Waals surface area (Å²) in [6, 6.07) is 58.0. The fraction of sp³-hybridized carbons (Fsp3) is 0.339. The summed E-state index contributed by atoms with van der Waals surface area (Å²) >= 11 is 33.0. The van der Waals surface area contributed by atoms with Gasteiger partial charge in [-0.3, -0.25) is 19.2 Å². The van der Waals surface area contributed by atoms with Crippen LogP contribution in [0.2, 0.25) is 20.1 Å². The molecule has 4 aliphatic carbocycles. The average molecular weight is 2170 g/mol. The molecule has 0 unspecified atom stereocenters. The molecule has 150 heavy (non-hydrogen) atoms. The van der Waals surface area contributed by atoms with Crippen molar-refractivity contribution in [1.29, 1.82) is 0 Å². The van der Waals surface area contributed by atoms with Crippen molar-refractivity contribution in [3.05, 3.63) is 288 Å². The summed E-state index contributed by atoms with van der Waals surface area (Å²) in [6.45, 7) is 6.69. The van der Waals surface area contributed by atoms with Gasteiger partial charge >= 0.3 is 0 Å². The monoisotopic (exact) mass is 2170 g/mol. The van der Waals surface area contributed by atoms with Crippen LogP contribution in [0.25, 0.3) is 84.9 Å². The zero-order valence-corrected chi connectivity index (χ0v) is 91.8. The number of hydrogen-bond donors (Lipinski definition) is 7. The molecule has 8 aromatic heterocycles. The first-order valence-corrected chi connectivity index (χ1v) is 55.7. The minimum absolute atomic E-state index is 0.0185. The molecule has 16 aromatic rings. The Kier molecular flexibility index (Phi) is 37.3. The first-order valence-electron chi connectivity index (χ1n) is 50.9. The van der Waals surface area contributed by atoms with Crippen LogP contribution in [-0.2, 0) is 26.2 Å². The minimum atomic E-state index is -0.0395. The van der Waals surface area contributed by atoms with Crippen LogP contribution in [0.3, 0.4) is 0 Å². The van der Waals surface area contributed by atoms with E-state index >= 15 is 0 Å². The van der Waals surface area contributed by atoms with E-state index in [0.29, 0.717) is 109 Å². The van der Waals surface area contributed by atoms with Crippen molar-refractivity contribution in [3.8, 4) is 67.5 Å². The van der Waals surface area contributed by atoms with E-state index in [4.69, 9.17) is 76.8 Å². The largest absolute Gasteiger partial charge is 0.496 e. The Bertz CT molecular complexity index is 7320. The van der Waals surface area contributed by atoms with Gasteiger partial charge in [0.05, 0.1) is 47.5 Å². The van der Waals surface area contributed by atoms with E-state index in [1.54, 1.807) is 70.8 Å². The van der Waals surface area contributed by atoms with E-state index in [1.807, 2.05) is 213 Å². The molecular weight excluding hydrogens is 2050 g/mol. The molecule has 8 heterocycles. The molecule has 4 amide bonds. The average Bonchev–Trinajstić information content (AvgIpc) is 1.66. The number of hydrogen-bond acceptors (Lipinski definition) is 27. The highest BCUT2D eigenvalue weighted by Gasteiger charge is 2.39. The highest BCUT2D eigenvalue weighted by Crippen LogP contribution is 2.46. The third-order valence-corrected chi connectivity index (χ3v) is 35.6. The van der Waals surface area contributed by atoms with Crippen molar-refractivity contribution in [2.75, 3.05) is 79.5 Å². The fourth-order valence-corrected chi connectivity index (χ4v) is 26.5. The molecule has 0 radical (unpaired) electrons. The Labute approximate surface area is 911 Å². The Balaban J connectivity index is 0.000000136. The molecule has 4 saturated carbocycles. The number of nitrogens with one attached hydrogen (secondary N) is 5. The van der Waals surface area contributed by atoms with Crippen LogP contribution in [0.4, 0.5) is 17.8 Å². The second-order valence-electron chi connectivity index (χ2n) is 37.8. The van der Waals surface area contributed by atoms with Crippen LogP contribution in [-0.4, -0.2) is 194 Å². The third-order valence-electron chi connectivity index (χ3n) is 28.9. The first-order chi connectivity index (χ1) is 73.1. The summed E-state index contributed by atoms with van der Waals surface area (Å²) in [5.41, 5.74) is 22.5. The number of carbonyl (C=O) groups excluding carboxylic acids is 4. The molecule has 0 atom stereocenters. The third kappa shape index (κ3) is 25.5. The minimum Gasteiger partial charge on any atom is -0.496 e. The lowest BCUT2D eigenvalue weighted by Crippen LogP contribution is -2.44. The maximum absolute atomic E-state index is 14.2. The van der Waals surface area contributed by atoms with Crippen molar-refractivity contribution >= 4 is 174 Å². The molecule has 0 bridgehead atoms. The summed E-state index contributed by atoms with van der Waals surface area (Å²) in [7, 11) is 13.1. The smallest absolute Gasteiger partial charge is 0.266 e. The van der Waals surface area contributed by atoms with Crippen LogP contribution in [0.15, 0.2) is 226 Å². The lowest BCUT2D eigenvalue weighted by molar-refractivity contribution is 0.0597. The zero-order chi connectivity index (χ0) is 105. The van der Waals surface area contributed by atoms with Gasteiger partial charge in [-0.15, -0.1) is 45.3 Å². The molecule has 780 valence electrons. The number of aromatic nitrogens is 8. The number of ether oxygens (including phenoxy) is 4. The maximum Gasteiger partial charge on any atom is 0.266 e. The number of methoxy groups -OCH3 is 2. The van der Waals surface area contributed by atoms with Crippen LogP contribution in [0, 0.1) is 0 Å². The van der Waals surface area contributed by atoms with Gasteiger partial charge in [-0.05, 0) is 240 Å². The van der Waals surface area contributed by atoms with E-state index in [1.165, 1.54) is 51.7 Å². The predicted molar refractivity (Wildman–Crippen MR) is 611 cm³/mol. The molecule has 35 heteroatoms. The van der Waals surface area contributed by atoms with Crippen molar-refractivity contribution in [2.24, 2.45) is 0 Å². The number of carbonyl (C=O) groups is 4. The fourth-order valence-electron chi connectivity index (χ4n) is 20.6. The number of anilines is 3. The summed E-state index contributed by atoms with van der Waals surface area (Å²) in [5, 5.41) is 22.3. The van der Waals surface area contributed by atoms with Crippen LogP contribution in [0.1, 0.15) is 178 Å². The molecule has 0 aliphatic heterocycles. The van der Waals surface area contributed by atoms with Gasteiger partial charge in [0.1, 0.15) is 48.8 Å². The predicted octanol–water partition coefficient (Wildman–Crippen LogP) is 24.8. The molecule has 4 aliphatic rings. The summed E-state index contributed by atoms with van der Waals surface area (Å²) in [5.74, 6) is 3.92. The first kappa shape index (κ1) is 109. The number of benzene rings is 8. The van der Waals surface area contributed by atoms with Crippen molar-refractivity contribution in [3.63, 3.8) is 0 Å². The molecule has 8 aromatic carbocycles. The lowest BCUT2D eigenvalue weighted by atomic mass is 9.89. The van der Waals surface area contributed by atoms with Crippen molar-refractivity contribution in [2.45, 2.75) is 191 Å². The number of rotatable bonds is 31. The van der Waals surface area contributed by atoms with Crippen LogP contribution in [0.5, 0.6) is 23.0 Å². The number of nitrogens with zero attached hydrogens (tertiary/aromatic N) is 12. The highest BCUT2D eigenvalue weighted by atomic mass is 35.5. The molecule has 0 spiro atoms. The Hall–Kier alpha value is -12.6. The van der Waals surface area contributed by atoms with Gasteiger partial charge in [0.25, 0.3) is 23.6 Å². The molecule has 27 nitrogen and oxygen atoms in total. The number of amides is 4. The number of halogens is 4. The van der Waals surface area contributed by atoms with Gasteiger partial charge in [0, 0.05) is 216 Å². The van der Waals surface area contributed by atoms with Gasteiger partial charge in [0.15, 0.2) is 0 Å². The Morgan fingerprint density at radius 2 is 0.567 bits per heavy atom. The zero-order valence-electron chi connectivity index (χ0n) is 85.5. The summed E-state index contributed by atoms with van der Waals surface area (Å²) in [6.07, 6.45) is 31.2. The van der Waals surface area contributed by atoms with E-state index in [2.05, 4.69) is 84.7 Å². The second kappa shape index (κ2) is 51.5. The molecule has 20 rings (SSSR count). The van der Waals surface area contributed by atoms with Gasteiger partial charge in [-0.1, -0.05) is 143 Å². The van der Waals surface area contributed by atoms with Crippen molar-refractivity contribution < 1.29 is 38.1 Å². The van der Waals surface area contributed by atoms with Gasteiger partial charge in [-0.2, -0.15) is 0 Å². The van der Waals surface area contributed by atoms with E-state index in [9.17, 15) is 19.2 Å².